The van der Waals surface area contributed by atoms with Crippen molar-refractivity contribution < 1.29 is 28.7 Å². The van der Waals surface area contributed by atoms with Gasteiger partial charge in [0.05, 0.1) is 41.5 Å². The van der Waals surface area contributed by atoms with Crippen molar-refractivity contribution in [3.05, 3.63) is 28.6 Å². The molecule has 2 amide bonds. The van der Waals surface area contributed by atoms with Crippen LogP contribution in [0.2, 0.25) is 0 Å². The molecular formula is C21H25N3O6S2. The lowest BCUT2D eigenvalue weighted by atomic mass is 10.1. The number of esters is 2. The third-order valence-corrected chi connectivity index (χ3v) is 6.94. The SMILES string of the molecule is COC(=O)Cn1c(=NC(=O)CSCC(=O)N2CCCCC2)sc2cc(C(=O)OC)ccc21. The number of rotatable bonds is 7. The number of thioether (sulfide) groups is 1. The zero-order valence-corrected chi connectivity index (χ0v) is 19.6. The predicted molar refractivity (Wildman–Crippen MR) is 121 cm³/mol. The molecule has 0 atom stereocenters. The normalized spacial score (nSPS) is 14.4. The van der Waals surface area contributed by atoms with Crippen LogP contribution >= 0.6 is 23.1 Å². The van der Waals surface area contributed by atoms with Gasteiger partial charge in [-0.3, -0.25) is 14.4 Å². The molecule has 9 nitrogen and oxygen atoms in total. The average Bonchev–Trinajstić information content (AvgIpc) is 3.14. The van der Waals surface area contributed by atoms with E-state index in [9.17, 15) is 19.2 Å². The summed E-state index contributed by atoms with van der Waals surface area (Å²) in [4.78, 5) is 54.8. The molecule has 2 aromatic rings. The molecule has 0 spiro atoms. The van der Waals surface area contributed by atoms with Crippen LogP contribution in [0.4, 0.5) is 0 Å². The highest BCUT2D eigenvalue weighted by Crippen LogP contribution is 2.20. The number of aromatic nitrogens is 1. The maximum atomic E-state index is 12.5. The van der Waals surface area contributed by atoms with Gasteiger partial charge in [-0.2, -0.15) is 4.99 Å². The first-order chi connectivity index (χ1) is 15.4. The highest BCUT2D eigenvalue weighted by Gasteiger charge is 2.17. The van der Waals surface area contributed by atoms with E-state index in [1.165, 1.54) is 37.3 Å². The average molecular weight is 480 g/mol. The monoisotopic (exact) mass is 479 g/mol. The number of thiazole rings is 1. The van der Waals surface area contributed by atoms with Crippen LogP contribution in [0.25, 0.3) is 10.2 Å². The second-order valence-electron chi connectivity index (χ2n) is 7.16. The van der Waals surface area contributed by atoms with Gasteiger partial charge in [-0.05, 0) is 37.5 Å². The first kappa shape index (κ1) is 24.0. The first-order valence-corrected chi connectivity index (χ1v) is 12.1. The van der Waals surface area contributed by atoms with Crippen molar-refractivity contribution in [1.82, 2.24) is 9.47 Å². The minimum absolute atomic E-state index is 0.0421. The Kier molecular flexibility index (Phi) is 8.46. The fourth-order valence-electron chi connectivity index (χ4n) is 3.35. The molecule has 1 aromatic heterocycles. The summed E-state index contributed by atoms with van der Waals surface area (Å²) in [7, 11) is 2.58. The smallest absolute Gasteiger partial charge is 0.337 e. The van der Waals surface area contributed by atoms with Gasteiger partial charge in [-0.1, -0.05) is 11.3 Å². The summed E-state index contributed by atoms with van der Waals surface area (Å²) in [5, 5.41) is 0. The summed E-state index contributed by atoms with van der Waals surface area (Å²) < 4.78 is 11.8. The molecule has 0 N–H and O–H groups in total. The molecule has 1 aliphatic heterocycles. The van der Waals surface area contributed by atoms with Gasteiger partial charge in [-0.15, -0.1) is 11.8 Å². The quantitative estimate of drug-likeness (QED) is 0.558. The van der Waals surface area contributed by atoms with Crippen molar-refractivity contribution in [2.75, 3.05) is 38.8 Å². The standard InChI is InChI=1S/C21H25N3O6S2/c1-29-19(27)11-24-15-7-6-14(20(28)30-2)10-16(15)32-21(24)22-17(25)12-31-13-18(26)23-8-4-3-5-9-23/h6-7,10H,3-5,8-9,11-13H2,1-2H3. The van der Waals surface area contributed by atoms with Gasteiger partial charge in [0.15, 0.2) is 4.80 Å². The van der Waals surface area contributed by atoms with Gasteiger partial charge < -0.3 is 18.9 Å². The molecule has 32 heavy (non-hydrogen) atoms. The molecule has 2 heterocycles. The number of likely N-dealkylation sites (tertiary alicyclic amines) is 1. The van der Waals surface area contributed by atoms with Gasteiger partial charge in [0.1, 0.15) is 6.54 Å². The number of benzene rings is 1. The lowest BCUT2D eigenvalue weighted by Gasteiger charge is -2.26. The maximum Gasteiger partial charge on any atom is 0.337 e. The van der Waals surface area contributed by atoms with E-state index in [1.807, 2.05) is 4.90 Å². The van der Waals surface area contributed by atoms with E-state index in [-0.39, 0.29) is 24.0 Å². The van der Waals surface area contributed by atoms with Crippen LogP contribution in [0.15, 0.2) is 23.2 Å². The Morgan fingerprint density at radius 1 is 1.06 bits per heavy atom. The molecule has 172 valence electrons. The van der Waals surface area contributed by atoms with Crippen LogP contribution in [0.5, 0.6) is 0 Å². The molecule has 0 bridgehead atoms. The van der Waals surface area contributed by atoms with Crippen LogP contribution < -0.4 is 4.80 Å². The van der Waals surface area contributed by atoms with E-state index in [0.717, 1.165) is 32.4 Å². The molecule has 0 saturated carbocycles. The molecule has 0 aliphatic carbocycles. The number of piperidine rings is 1. The molecule has 1 aromatic carbocycles. The predicted octanol–water partition coefficient (Wildman–Crippen LogP) is 1.84. The lowest BCUT2D eigenvalue weighted by molar-refractivity contribution is -0.141. The van der Waals surface area contributed by atoms with E-state index in [1.54, 1.807) is 22.8 Å². The number of carbonyl (C=O) groups excluding carboxylic acids is 4. The number of nitrogens with zero attached hydrogens (tertiary/aromatic N) is 3. The number of amides is 2. The third kappa shape index (κ3) is 5.98. The first-order valence-electron chi connectivity index (χ1n) is 10.1. The number of hydrogen-bond donors (Lipinski definition) is 0. The molecule has 0 unspecified atom stereocenters. The zero-order valence-electron chi connectivity index (χ0n) is 18.0. The summed E-state index contributed by atoms with van der Waals surface area (Å²) in [6.45, 7) is 1.43. The number of fused-ring (bicyclic) bond motifs is 1. The van der Waals surface area contributed by atoms with E-state index < -0.39 is 17.8 Å². The molecule has 0 radical (unpaired) electrons. The Hall–Kier alpha value is -2.66. The summed E-state index contributed by atoms with van der Waals surface area (Å²) >= 11 is 2.42. The van der Waals surface area contributed by atoms with Crippen molar-refractivity contribution in [1.29, 1.82) is 0 Å². The zero-order chi connectivity index (χ0) is 23.1. The maximum absolute atomic E-state index is 12.5. The highest BCUT2D eigenvalue weighted by molar-refractivity contribution is 8.00. The second kappa shape index (κ2) is 11.3. The highest BCUT2D eigenvalue weighted by atomic mass is 32.2. The Morgan fingerprint density at radius 2 is 1.81 bits per heavy atom. The van der Waals surface area contributed by atoms with Crippen molar-refractivity contribution in [3.63, 3.8) is 0 Å². The van der Waals surface area contributed by atoms with Crippen LogP contribution in [0.3, 0.4) is 0 Å². The third-order valence-electron chi connectivity index (χ3n) is 5.00. The number of ether oxygens (including phenoxy) is 2. The number of carbonyl (C=O) groups is 4. The van der Waals surface area contributed by atoms with Crippen LogP contribution in [-0.4, -0.2) is 72.0 Å². The Bertz CT molecular complexity index is 1080. The Balaban J connectivity index is 1.77. The van der Waals surface area contributed by atoms with Crippen LogP contribution in [0.1, 0.15) is 29.6 Å². The summed E-state index contributed by atoms with van der Waals surface area (Å²) in [5.41, 5.74) is 1.00. The number of hydrogen-bond acceptors (Lipinski definition) is 8. The fourth-order valence-corrected chi connectivity index (χ4v) is 5.13. The van der Waals surface area contributed by atoms with Gasteiger partial charge in [0.25, 0.3) is 5.91 Å². The van der Waals surface area contributed by atoms with Gasteiger partial charge in [0.2, 0.25) is 5.91 Å². The molecule has 3 rings (SSSR count). The lowest BCUT2D eigenvalue weighted by Crippen LogP contribution is -2.36. The van der Waals surface area contributed by atoms with Crippen LogP contribution in [0, 0.1) is 0 Å². The van der Waals surface area contributed by atoms with Crippen molar-refractivity contribution in [3.8, 4) is 0 Å². The van der Waals surface area contributed by atoms with E-state index in [4.69, 9.17) is 9.47 Å². The second-order valence-corrected chi connectivity index (χ2v) is 9.16. The van der Waals surface area contributed by atoms with E-state index in [2.05, 4.69) is 4.99 Å². The van der Waals surface area contributed by atoms with Crippen molar-refractivity contribution >= 4 is 57.1 Å². The Labute approximate surface area is 193 Å². The molecule has 1 fully saturated rings. The summed E-state index contributed by atoms with van der Waals surface area (Å²) in [6.07, 6.45) is 3.19. The van der Waals surface area contributed by atoms with Crippen molar-refractivity contribution in [2.24, 2.45) is 4.99 Å². The van der Waals surface area contributed by atoms with Gasteiger partial charge in [0, 0.05) is 13.1 Å². The minimum Gasteiger partial charge on any atom is -0.468 e. The topological polar surface area (TPSA) is 107 Å². The van der Waals surface area contributed by atoms with Crippen molar-refractivity contribution in [2.45, 2.75) is 25.8 Å². The summed E-state index contributed by atoms with van der Waals surface area (Å²) in [5.74, 6) is -1.04. The summed E-state index contributed by atoms with van der Waals surface area (Å²) in [6, 6.07) is 4.90. The molecule has 1 aliphatic rings. The number of methoxy groups -OCH3 is 2. The van der Waals surface area contributed by atoms with Gasteiger partial charge >= 0.3 is 11.9 Å². The minimum atomic E-state index is -0.489. The molecule has 1 saturated heterocycles. The molecular weight excluding hydrogens is 454 g/mol. The van der Waals surface area contributed by atoms with Gasteiger partial charge in [-0.25, -0.2) is 4.79 Å². The fraction of sp³-hybridized carbons (Fsp3) is 0.476. The van der Waals surface area contributed by atoms with Crippen LogP contribution in [-0.2, 0) is 30.4 Å². The van der Waals surface area contributed by atoms with E-state index >= 15 is 0 Å². The largest absolute Gasteiger partial charge is 0.468 e. The Morgan fingerprint density at radius 3 is 2.50 bits per heavy atom. The van der Waals surface area contributed by atoms with E-state index in [0.29, 0.717) is 20.6 Å². The molecule has 11 heteroatoms.